The topological polar surface area (TPSA) is 104 Å². The molecule has 1 aromatic carbocycles. The summed E-state index contributed by atoms with van der Waals surface area (Å²) in [5.74, 6) is -1.30. The van der Waals surface area contributed by atoms with Crippen LogP contribution in [0, 0.1) is 0 Å². The lowest BCUT2D eigenvalue weighted by atomic mass is 9.87. The van der Waals surface area contributed by atoms with E-state index >= 15 is 0 Å². The van der Waals surface area contributed by atoms with Gasteiger partial charge in [-0.05, 0) is 24.1 Å². The SMILES string of the molecule is CCC[C@](N)(Cc1cc(O)cc(O)c1)C(=O)O. The molecule has 0 fully saturated rings. The van der Waals surface area contributed by atoms with Crippen LogP contribution in [0.1, 0.15) is 25.3 Å². The minimum atomic E-state index is -1.37. The maximum atomic E-state index is 11.1. The van der Waals surface area contributed by atoms with Crippen molar-refractivity contribution in [3.8, 4) is 11.5 Å². The van der Waals surface area contributed by atoms with Crippen LogP contribution in [0.4, 0.5) is 0 Å². The van der Waals surface area contributed by atoms with Gasteiger partial charge in [-0.25, -0.2) is 0 Å². The molecule has 0 aliphatic heterocycles. The van der Waals surface area contributed by atoms with Gasteiger partial charge in [0.05, 0.1) is 0 Å². The predicted molar refractivity (Wildman–Crippen MR) is 62.9 cm³/mol. The Balaban J connectivity index is 2.97. The van der Waals surface area contributed by atoms with Gasteiger partial charge >= 0.3 is 5.97 Å². The van der Waals surface area contributed by atoms with Crippen LogP contribution in [0.15, 0.2) is 18.2 Å². The van der Waals surface area contributed by atoms with Crippen molar-refractivity contribution in [3.05, 3.63) is 23.8 Å². The number of hydrogen-bond donors (Lipinski definition) is 4. The quantitative estimate of drug-likeness (QED) is 0.618. The monoisotopic (exact) mass is 239 g/mol. The second-order valence-electron chi connectivity index (χ2n) is 4.25. The van der Waals surface area contributed by atoms with Crippen molar-refractivity contribution in [1.82, 2.24) is 0 Å². The van der Waals surface area contributed by atoms with Crippen LogP contribution in [0.5, 0.6) is 11.5 Å². The number of carboxylic acid groups (broad SMARTS) is 1. The summed E-state index contributed by atoms with van der Waals surface area (Å²) in [6.07, 6.45) is 1.05. The van der Waals surface area contributed by atoms with Crippen molar-refractivity contribution >= 4 is 5.97 Å². The van der Waals surface area contributed by atoms with E-state index in [1.54, 1.807) is 0 Å². The standard InChI is InChI=1S/C12H17NO4/c1-2-3-12(13,11(16)17)7-8-4-9(14)6-10(15)5-8/h4-6,14-15H,2-3,7,13H2,1H3,(H,16,17)/t12-/m0/s1. The summed E-state index contributed by atoms with van der Waals surface area (Å²) in [7, 11) is 0. The number of nitrogens with two attached hydrogens (primary N) is 1. The molecule has 1 aromatic rings. The lowest BCUT2D eigenvalue weighted by Crippen LogP contribution is -2.49. The summed E-state index contributed by atoms with van der Waals surface area (Å²) in [4.78, 5) is 11.1. The van der Waals surface area contributed by atoms with Crippen molar-refractivity contribution < 1.29 is 20.1 Å². The first-order chi connectivity index (χ1) is 7.87. The average Bonchev–Trinajstić information content (AvgIpc) is 2.15. The highest BCUT2D eigenvalue weighted by Gasteiger charge is 2.33. The molecule has 5 heteroatoms. The van der Waals surface area contributed by atoms with E-state index < -0.39 is 11.5 Å². The van der Waals surface area contributed by atoms with Crippen LogP contribution in [0.2, 0.25) is 0 Å². The van der Waals surface area contributed by atoms with Crippen molar-refractivity contribution in [2.45, 2.75) is 31.7 Å². The second-order valence-corrected chi connectivity index (χ2v) is 4.25. The highest BCUT2D eigenvalue weighted by molar-refractivity contribution is 5.79. The molecular formula is C12H17NO4. The zero-order valence-corrected chi connectivity index (χ0v) is 9.68. The molecular weight excluding hydrogens is 222 g/mol. The van der Waals surface area contributed by atoms with Gasteiger partial charge in [0.1, 0.15) is 17.0 Å². The number of phenolic OH excluding ortho intramolecular Hbond substituents is 2. The van der Waals surface area contributed by atoms with E-state index in [2.05, 4.69) is 0 Å². The van der Waals surface area contributed by atoms with Crippen LogP contribution in [0.3, 0.4) is 0 Å². The van der Waals surface area contributed by atoms with E-state index in [0.29, 0.717) is 18.4 Å². The van der Waals surface area contributed by atoms with Gasteiger partial charge in [0.25, 0.3) is 0 Å². The number of carbonyl (C=O) groups is 1. The van der Waals surface area contributed by atoms with Crippen molar-refractivity contribution in [2.75, 3.05) is 0 Å². The summed E-state index contributed by atoms with van der Waals surface area (Å²) in [6, 6.07) is 3.99. The Morgan fingerprint density at radius 3 is 2.24 bits per heavy atom. The molecule has 1 rings (SSSR count). The number of aliphatic carboxylic acids is 1. The number of hydrogen-bond acceptors (Lipinski definition) is 4. The summed E-state index contributed by atoms with van der Waals surface area (Å²) in [5, 5.41) is 27.7. The first kappa shape index (κ1) is 13.3. The Hall–Kier alpha value is -1.75. The minimum Gasteiger partial charge on any atom is -0.508 e. The van der Waals surface area contributed by atoms with Gasteiger partial charge in [0, 0.05) is 12.5 Å². The van der Waals surface area contributed by atoms with E-state index in [4.69, 9.17) is 10.8 Å². The van der Waals surface area contributed by atoms with Gasteiger partial charge in [0.15, 0.2) is 0 Å². The zero-order chi connectivity index (χ0) is 13.1. The van der Waals surface area contributed by atoms with Gasteiger partial charge in [0.2, 0.25) is 0 Å². The highest BCUT2D eigenvalue weighted by Crippen LogP contribution is 2.24. The van der Waals surface area contributed by atoms with E-state index in [9.17, 15) is 15.0 Å². The summed E-state index contributed by atoms with van der Waals surface area (Å²) < 4.78 is 0. The van der Waals surface area contributed by atoms with Gasteiger partial charge in [-0.3, -0.25) is 4.79 Å². The maximum Gasteiger partial charge on any atom is 0.324 e. The molecule has 0 aliphatic rings. The molecule has 0 saturated carbocycles. The van der Waals surface area contributed by atoms with Gasteiger partial charge in [-0.2, -0.15) is 0 Å². The second kappa shape index (κ2) is 5.05. The van der Waals surface area contributed by atoms with Crippen LogP contribution >= 0.6 is 0 Å². The largest absolute Gasteiger partial charge is 0.508 e. The molecule has 0 aliphatic carbocycles. The normalized spacial score (nSPS) is 14.2. The van der Waals surface area contributed by atoms with E-state index in [-0.39, 0.29) is 17.9 Å². The molecule has 0 unspecified atom stereocenters. The lowest BCUT2D eigenvalue weighted by molar-refractivity contribution is -0.143. The summed E-state index contributed by atoms with van der Waals surface area (Å²) in [6.45, 7) is 1.85. The van der Waals surface area contributed by atoms with Crippen LogP contribution in [-0.4, -0.2) is 26.8 Å². The third kappa shape index (κ3) is 3.35. The van der Waals surface area contributed by atoms with Crippen molar-refractivity contribution in [2.24, 2.45) is 5.73 Å². The number of rotatable bonds is 5. The first-order valence-corrected chi connectivity index (χ1v) is 5.41. The number of carboxylic acids is 1. The smallest absolute Gasteiger partial charge is 0.324 e. The molecule has 0 heterocycles. The van der Waals surface area contributed by atoms with Crippen LogP contribution in [-0.2, 0) is 11.2 Å². The molecule has 0 aromatic heterocycles. The molecule has 1 atom stereocenters. The van der Waals surface area contributed by atoms with Gasteiger partial charge in [-0.1, -0.05) is 13.3 Å². The number of benzene rings is 1. The molecule has 5 N–H and O–H groups in total. The highest BCUT2D eigenvalue weighted by atomic mass is 16.4. The fourth-order valence-electron chi connectivity index (χ4n) is 1.84. The third-order valence-electron chi connectivity index (χ3n) is 2.60. The average molecular weight is 239 g/mol. The van der Waals surface area contributed by atoms with Crippen LogP contribution < -0.4 is 5.73 Å². The van der Waals surface area contributed by atoms with E-state index in [0.717, 1.165) is 0 Å². The molecule has 0 bridgehead atoms. The molecule has 0 spiro atoms. The zero-order valence-electron chi connectivity index (χ0n) is 9.68. The molecule has 94 valence electrons. The summed E-state index contributed by atoms with van der Waals surface area (Å²) >= 11 is 0. The number of aromatic hydroxyl groups is 2. The fourth-order valence-corrected chi connectivity index (χ4v) is 1.84. The Labute approximate surface area is 99.5 Å². The molecule has 0 radical (unpaired) electrons. The Morgan fingerprint density at radius 1 is 1.29 bits per heavy atom. The molecule has 0 amide bonds. The van der Waals surface area contributed by atoms with E-state index in [1.165, 1.54) is 18.2 Å². The van der Waals surface area contributed by atoms with Gasteiger partial charge in [-0.15, -0.1) is 0 Å². The predicted octanol–water partition coefficient (Wildman–Crippen LogP) is 1.22. The Kier molecular flexibility index (Phi) is 3.96. The fraction of sp³-hybridized carbons (Fsp3) is 0.417. The molecule has 17 heavy (non-hydrogen) atoms. The van der Waals surface area contributed by atoms with Gasteiger partial charge < -0.3 is 21.1 Å². The Bertz CT molecular complexity index is 399. The van der Waals surface area contributed by atoms with Crippen molar-refractivity contribution in [1.29, 1.82) is 0 Å². The van der Waals surface area contributed by atoms with Crippen molar-refractivity contribution in [3.63, 3.8) is 0 Å². The Morgan fingerprint density at radius 2 is 1.82 bits per heavy atom. The third-order valence-corrected chi connectivity index (χ3v) is 2.60. The lowest BCUT2D eigenvalue weighted by Gasteiger charge is -2.24. The molecule has 5 nitrogen and oxygen atoms in total. The number of phenols is 2. The maximum absolute atomic E-state index is 11.1. The molecule has 0 saturated heterocycles. The van der Waals surface area contributed by atoms with Crippen LogP contribution in [0.25, 0.3) is 0 Å². The first-order valence-electron chi connectivity index (χ1n) is 5.41. The summed E-state index contributed by atoms with van der Waals surface area (Å²) in [5.41, 5.74) is 4.96. The van der Waals surface area contributed by atoms with E-state index in [1.807, 2.05) is 6.92 Å². The minimum absolute atomic E-state index is 0.0676.